The van der Waals surface area contributed by atoms with Gasteiger partial charge in [-0.1, -0.05) is 151 Å². The Labute approximate surface area is 275 Å². The van der Waals surface area contributed by atoms with Crippen LogP contribution >= 0.6 is 162 Å². The van der Waals surface area contributed by atoms with E-state index in [4.69, 9.17) is 172 Å². The molecule has 2 aromatic rings. The van der Waals surface area contributed by atoms with Crippen LogP contribution in [0.5, 0.6) is 11.5 Å². The third kappa shape index (κ3) is 5.07. The molecule has 196 valence electrons. The van der Waals surface area contributed by atoms with Gasteiger partial charge in [-0.2, -0.15) is 0 Å². The lowest BCUT2D eigenvalue weighted by Gasteiger charge is -2.45. The van der Waals surface area contributed by atoms with E-state index >= 15 is 0 Å². The topological polar surface area (TPSA) is 18.5 Å². The third-order valence-corrected chi connectivity index (χ3v) is 11.7. The van der Waals surface area contributed by atoms with Crippen LogP contribution in [0.25, 0.3) is 0 Å². The number of alkyl halides is 1. The van der Waals surface area contributed by atoms with Crippen LogP contribution in [0.3, 0.4) is 0 Å². The van der Waals surface area contributed by atoms with Crippen molar-refractivity contribution in [2.45, 2.75) is 24.3 Å². The number of ether oxygens (including phenoxy) is 2. The minimum atomic E-state index is -1.77. The van der Waals surface area contributed by atoms with Crippen molar-refractivity contribution in [1.82, 2.24) is 0 Å². The maximum Gasteiger partial charge on any atom is 0.169 e. The molecule has 1 aliphatic carbocycles. The highest BCUT2D eigenvalue weighted by atomic mass is 35.5. The van der Waals surface area contributed by atoms with Crippen molar-refractivity contribution in [2.24, 2.45) is 0 Å². The number of hydrogen-bond donors (Lipinski definition) is 0. The predicted octanol–water partition coefficient (Wildman–Crippen LogP) is 13.6. The number of halogens is 14. The zero-order valence-electron chi connectivity index (χ0n) is 17.1. The van der Waals surface area contributed by atoms with Crippen LogP contribution in [-0.4, -0.2) is 10.5 Å². The summed E-state index contributed by atoms with van der Waals surface area (Å²) in [4.78, 5) is -1.75. The molecular weight excluding hydrogens is 769 g/mol. The molecule has 0 fully saturated rings. The molecule has 1 aliphatic rings. The Bertz CT molecular complexity index is 1310. The predicted molar refractivity (Wildman–Crippen MR) is 159 cm³/mol. The second-order valence-electron chi connectivity index (χ2n) is 7.31. The largest absolute Gasteiger partial charge is 0.476 e. The van der Waals surface area contributed by atoms with Crippen LogP contribution in [0, 0.1) is 0 Å². The minimum Gasteiger partial charge on any atom is -0.476 e. The molecule has 0 bridgehead atoms. The molecule has 2 unspecified atom stereocenters. The molecule has 2 nitrogen and oxygen atoms in total. The fourth-order valence-electron chi connectivity index (χ4n) is 2.97. The maximum absolute atomic E-state index is 7.01. The molecule has 2 atom stereocenters. The van der Waals surface area contributed by atoms with E-state index in [2.05, 4.69) is 0 Å². The first-order valence-electron chi connectivity index (χ1n) is 8.96. The van der Waals surface area contributed by atoms with E-state index < -0.39 is 10.5 Å². The molecule has 0 N–H and O–H groups in total. The van der Waals surface area contributed by atoms with E-state index in [0.29, 0.717) is 0 Å². The number of rotatable bonds is 4. The van der Waals surface area contributed by atoms with Gasteiger partial charge in [0.25, 0.3) is 0 Å². The molecule has 0 aromatic heterocycles. The first kappa shape index (κ1) is 32.1. The third-order valence-electron chi connectivity index (χ3n) is 5.18. The van der Waals surface area contributed by atoms with Gasteiger partial charge in [-0.3, -0.25) is 0 Å². The van der Waals surface area contributed by atoms with Crippen LogP contribution in [0.2, 0.25) is 50.2 Å². The molecule has 0 spiro atoms. The van der Waals surface area contributed by atoms with Crippen molar-refractivity contribution >= 4 is 162 Å². The molecule has 36 heavy (non-hydrogen) atoms. The van der Waals surface area contributed by atoms with Gasteiger partial charge in [-0.15, -0.1) is 11.6 Å². The van der Waals surface area contributed by atoms with Gasteiger partial charge in [0.1, 0.15) is 35.8 Å². The normalized spacial score (nSPS) is 22.4. The fourth-order valence-corrected chi connectivity index (χ4v) is 6.69. The zero-order chi connectivity index (χ0) is 27.7. The summed E-state index contributed by atoms with van der Waals surface area (Å²) in [6, 6.07) is 0. The first-order valence-corrected chi connectivity index (χ1v) is 14.3. The van der Waals surface area contributed by atoms with E-state index in [1.807, 2.05) is 0 Å². The van der Waals surface area contributed by atoms with E-state index in [0.717, 1.165) is 0 Å². The lowest BCUT2D eigenvalue weighted by Crippen LogP contribution is -2.55. The van der Waals surface area contributed by atoms with E-state index in [1.54, 1.807) is 0 Å². The van der Waals surface area contributed by atoms with Crippen molar-refractivity contribution in [1.29, 1.82) is 0 Å². The molecule has 0 heterocycles. The molecule has 0 radical (unpaired) electrons. The molecular formula is C20H6Cl14O2. The maximum atomic E-state index is 7.01. The lowest BCUT2D eigenvalue weighted by molar-refractivity contribution is 0.0867. The Morgan fingerprint density at radius 2 is 0.806 bits per heavy atom. The number of benzene rings is 2. The average molecular weight is 775 g/mol. The van der Waals surface area contributed by atoms with Crippen LogP contribution in [-0.2, 0) is 0 Å². The first-order chi connectivity index (χ1) is 16.4. The molecule has 0 saturated carbocycles. The van der Waals surface area contributed by atoms with Gasteiger partial charge in [0.05, 0.1) is 40.2 Å². The van der Waals surface area contributed by atoms with Crippen LogP contribution in [0.1, 0.15) is 13.8 Å². The SMILES string of the molecule is CC1(Cl)C(Oc2c(Cl)c(Cl)c(Cl)c(Cl)c2Cl)=C(Cl)C(Cl)=C(Cl)C1(C)Oc1c(Cl)c(Cl)c(Cl)c(Cl)c1Cl. The van der Waals surface area contributed by atoms with E-state index in [-0.39, 0.29) is 82.6 Å². The van der Waals surface area contributed by atoms with Crippen molar-refractivity contribution in [3.8, 4) is 11.5 Å². The van der Waals surface area contributed by atoms with Gasteiger partial charge in [-0.05, 0) is 13.8 Å². The van der Waals surface area contributed by atoms with Crippen LogP contribution in [0.4, 0.5) is 0 Å². The van der Waals surface area contributed by atoms with Gasteiger partial charge in [-0.25, -0.2) is 0 Å². The Hall–Kier alpha value is 1.58. The van der Waals surface area contributed by atoms with Crippen molar-refractivity contribution in [3.63, 3.8) is 0 Å². The molecule has 0 saturated heterocycles. The zero-order valence-corrected chi connectivity index (χ0v) is 27.7. The summed E-state index contributed by atoms with van der Waals surface area (Å²) in [6.45, 7) is 2.92. The second kappa shape index (κ2) is 11.5. The van der Waals surface area contributed by atoms with Crippen LogP contribution < -0.4 is 9.47 Å². The Balaban J connectivity index is 2.24. The van der Waals surface area contributed by atoms with Gasteiger partial charge in [0.15, 0.2) is 17.1 Å². The van der Waals surface area contributed by atoms with Gasteiger partial charge >= 0.3 is 0 Å². The highest BCUT2D eigenvalue weighted by Gasteiger charge is 2.58. The Morgan fingerprint density at radius 1 is 0.472 bits per heavy atom. The minimum absolute atomic E-state index is 0.0875. The molecule has 0 amide bonds. The summed E-state index contributed by atoms with van der Waals surface area (Å²) in [6.07, 6.45) is 0. The van der Waals surface area contributed by atoms with Crippen molar-refractivity contribution in [3.05, 3.63) is 71.1 Å². The smallest absolute Gasteiger partial charge is 0.169 e. The summed E-state index contributed by atoms with van der Waals surface area (Å²) in [5.41, 5.74) is -1.77. The molecule has 2 aromatic carbocycles. The summed E-state index contributed by atoms with van der Waals surface area (Å²) in [5, 5.41) is -1.91. The molecule has 0 aliphatic heterocycles. The number of allylic oxidation sites excluding steroid dienone is 2. The van der Waals surface area contributed by atoms with E-state index in [1.165, 1.54) is 13.8 Å². The summed E-state index contributed by atoms with van der Waals surface area (Å²) in [7, 11) is 0. The second-order valence-corrected chi connectivity index (χ2v) is 13.0. The van der Waals surface area contributed by atoms with Crippen molar-refractivity contribution < 1.29 is 9.47 Å². The van der Waals surface area contributed by atoms with Crippen LogP contribution in [0.15, 0.2) is 20.9 Å². The highest BCUT2D eigenvalue weighted by molar-refractivity contribution is 6.57. The average Bonchev–Trinajstić information content (AvgIpc) is 2.84. The molecule has 16 heteroatoms. The Morgan fingerprint density at radius 3 is 1.19 bits per heavy atom. The van der Waals surface area contributed by atoms with Gasteiger partial charge < -0.3 is 9.47 Å². The summed E-state index contributed by atoms with van der Waals surface area (Å²) >= 11 is 88.7. The number of hydrogen-bond acceptors (Lipinski definition) is 2. The quantitative estimate of drug-likeness (QED) is 0.175. The fraction of sp³-hybridized carbons (Fsp3) is 0.200. The van der Waals surface area contributed by atoms with Gasteiger partial charge in [0, 0.05) is 0 Å². The Kier molecular flexibility index (Phi) is 10.2. The summed E-state index contributed by atoms with van der Waals surface area (Å²) in [5.74, 6) is -0.601. The lowest BCUT2D eigenvalue weighted by atomic mass is 9.83. The summed E-state index contributed by atoms with van der Waals surface area (Å²) < 4.78 is 12.1. The standard InChI is InChI=1S/C20H6Cl14O2/c1-19(34)18(35-15-9(27)5(23)3(21)6(24)10(15)28)14(32)13(31)17(33)20(19,2)36-16-11(29)7(25)4(22)8(26)12(16)30/h1-2H3. The van der Waals surface area contributed by atoms with Gasteiger partial charge in [0.2, 0.25) is 0 Å². The van der Waals surface area contributed by atoms with Crippen molar-refractivity contribution in [2.75, 3.05) is 0 Å². The highest BCUT2D eigenvalue weighted by Crippen LogP contribution is 2.58. The van der Waals surface area contributed by atoms with E-state index in [9.17, 15) is 0 Å². The molecule has 3 rings (SSSR count). The monoisotopic (exact) mass is 768 g/mol.